The topological polar surface area (TPSA) is 49.3 Å². The molecule has 0 fully saturated rings. The summed E-state index contributed by atoms with van der Waals surface area (Å²) in [7, 11) is 2.01. The van der Waals surface area contributed by atoms with Crippen LogP contribution in [0.2, 0.25) is 0 Å². The van der Waals surface area contributed by atoms with Gasteiger partial charge in [0.15, 0.2) is 0 Å². The summed E-state index contributed by atoms with van der Waals surface area (Å²) in [5.41, 5.74) is 5.79. The summed E-state index contributed by atoms with van der Waals surface area (Å²) >= 11 is 1.90. The van der Waals surface area contributed by atoms with Crippen LogP contribution in [0.25, 0.3) is 5.57 Å². The van der Waals surface area contributed by atoms with Gasteiger partial charge in [-0.2, -0.15) is 0 Å². The van der Waals surface area contributed by atoms with Crippen LogP contribution in [0.3, 0.4) is 0 Å². The molecule has 0 bridgehead atoms. The van der Waals surface area contributed by atoms with Crippen LogP contribution in [0.4, 0.5) is 0 Å². The molecule has 1 aliphatic carbocycles. The van der Waals surface area contributed by atoms with E-state index in [1.807, 2.05) is 18.4 Å². The molecule has 0 amide bonds. The molecule has 0 aliphatic heterocycles. The Morgan fingerprint density at radius 1 is 1.26 bits per heavy atom. The van der Waals surface area contributed by atoms with Crippen molar-refractivity contribution in [3.8, 4) is 0 Å². The first kappa shape index (κ1) is 17.4. The van der Waals surface area contributed by atoms with Gasteiger partial charge in [0.2, 0.25) is 0 Å². The van der Waals surface area contributed by atoms with Gasteiger partial charge in [0.25, 0.3) is 5.97 Å². The molecule has 2 aromatic rings. The molecule has 0 spiro atoms. The first-order chi connectivity index (χ1) is 11.1. The minimum atomic E-state index is -0.833. The molecule has 0 saturated carbocycles. The van der Waals surface area contributed by atoms with Crippen LogP contribution < -0.4 is 5.32 Å². The van der Waals surface area contributed by atoms with E-state index in [0.29, 0.717) is 0 Å². The monoisotopic (exact) mass is 329 g/mol. The summed E-state index contributed by atoms with van der Waals surface area (Å²) < 4.78 is 0. The molecule has 0 saturated heterocycles. The third kappa shape index (κ3) is 4.78. The fourth-order valence-corrected chi connectivity index (χ4v) is 3.64. The number of fused-ring (bicyclic) bond motifs is 2. The average molecular weight is 329 g/mol. The van der Waals surface area contributed by atoms with Crippen molar-refractivity contribution in [3.05, 3.63) is 63.4 Å². The lowest BCUT2D eigenvalue weighted by Gasteiger charge is -2.09. The molecule has 1 aromatic carbocycles. The minimum absolute atomic E-state index is 0.833. The molecule has 122 valence electrons. The number of thiophene rings is 1. The van der Waals surface area contributed by atoms with Gasteiger partial charge in [-0.15, -0.1) is 11.3 Å². The molecule has 1 aliphatic rings. The van der Waals surface area contributed by atoms with Crippen molar-refractivity contribution in [2.75, 3.05) is 13.6 Å². The van der Waals surface area contributed by atoms with Crippen molar-refractivity contribution in [1.29, 1.82) is 0 Å². The standard InChI is InChI=1S/C17H19NS.C2H4O2/c1-18-11-4-7-15-14-6-3-2-5-13(14)8-9-17-16(15)10-12-19-17;1-2(3)4/h2-3,5-7,10,12,18H,4,8-9,11H2,1H3;1H3,(H,3,4)/b15-7-;. The van der Waals surface area contributed by atoms with Gasteiger partial charge in [-0.05, 0) is 66.6 Å². The van der Waals surface area contributed by atoms with Crippen LogP contribution in [0.15, 0.2) is 41.8 Å². The Balaban J connectivity index is 0.000000433. The number of rotatable bonds is 3. The zero-order valence-corrected chi connectivity index (χ0v) is 14.5. The highest BCUT2D eigenvalue weighted by atomic mass is 32.1. The lowest BCUT2D eigenvalue weighted by atomic mass is 9.95. The fraction of sp³-hybridized carbons (Fsp3) is 0.316. The summed E-state index contributed by atoms with van der Waals surface area (Å²) in [6.07, 6.45) is 5.81. The number of nitrogens with one attached hydrogen (secondary N) is 1. The van der Waals surface area contributed by atoms with Crippen molar-refractivity contribution in [3.63, 3.8) is 0 Å². The smallest absolute Gasteiger partial charge is 0.300 e. The molecule has 0 unspecified atom stereocenters. The maximum absolute atomic E-state index is 9.00. The van der Waals surface area contributed by atoms with Gasteiger partial charge in [0, 0.05) is 11.8 Å². The number of carboxylic acids is 1. The zero-order chi connectivity index (χ0) is 16.7. The van der Waals surface area contributed by atoms with E-state index in [2.05, 4.69) is 47.1 Å². The van der Waals surface area contributed by atoms with E-state index in [-0.39, 0.29) is 0 Å². The Morgan fingerprint density at radius 2 is 2.00 bits per heavy atom. The predicted molar refractivity (Wildman–Crippen MR) is 97.1 cm³/mol. The molecule has 1 heterocycles. The second-order valence-corrected chi connectivity index (χ2v) is 6.44. The van der Waals surface area contributed by atoms with Crippen molar-refractivity contribution in [2.24, 2.45) is 0 Å². The van der Waals surface area contributed by atoms with Crippen molar-refractivity contribution in [1.82, 2.24) is 5.32 Å². The molecule has 1 aromatic heterocycles. The van der Waals surface area contributed by atoms with Gasteiger partial charge in [-0.25, -0.2) is 0 Å². The SMILES string of the molecule is CC(=O)O.CNCC/C=C1/c2ccccc2CCc2sccc21. The van der Waals surface area contributed by atoms with Crippen LogP contribution in [-0.4, -0.2) is 24.7 Å². The number of aliphatic carboxylic acids is 1. The Kier molecular flexibility index (Phi) is 6.56. The summed E-state index contributed by atoms with van der Waals surface area (Å²) in [6.45, 7) is 2.12. The summed E-state index contributed by atoms with van der Waals surface area (Å²) in [4.78, 5) is 10.5. The third-order valence-electron chi connectivity index (χ3n) is 3.71. The van der Waals surface area contributed by atoms with Gasteiger partial charge in [0.05, 0.1) is 0 Å². The minimum Gasteiger partial charge on any atom is -0.481 e. The maximum atomic E-state index is 9.00. The van der Waals surface area contributed by atoms with Gasteiger partial charge in [-0.1, -0.05) is 30.3 Å². The fourth-order valence-electron chi connectivity index (χ4n) is 2.75. The molecule has 2 N–H and O–H groups in total. The quantitative estimate of drug-likeness (QED) is 0.838. The van der Waals surface area contributed by atoms with E-state index < -0.39 is 5.97 Å². The predicted octanol–water partition coefficient (Wildman–Crippen LogP) is 3.98. The Morgan fingerprint density at radius 3 is 2.74 bits per heavy atom. The van der Waals surface area contributed by atoms with Crippen LogP contribution >= 0.6 is 11.3 Å². The third-order valence-corrected chi connectivity index (χ3v) is 4.69. The van der Waals surface area contributed by atoms with Gasteiger partial charge >= 0.3 is 0 Å². The summed E-state index contributed by atoms with van der Waals surface area (Å²) in [5.74, 6) is -0.833. The Bertz CT molecular complexity index is 684. The molecule has 4 heteroatoms. The normalized spacial score (nSPS) is 14.3. The summed E-state index contributed by atoms with van der Waals surface area (Å²) in [6, 6.07) is 11.1. The van der Waals surface area contributed by atoms with Crippen molar-refractivity contribution < 1.29 is 9.90 Å². The van der Waals surface area contributed by atoms with Crippen molar-refractivity contribution >= 4 is 22.9 Å². The molecule has 3 nitrogen and oxygen atoms in total. The number of carbonyl (C=O) groups is 1. The maximum Gasteiger partial charge on any atom is 0.300 e. The van der Waals surface area contributed by atoms with E-state index >= 15 is 0 Å². The van der Waals surface area contributed by atoms with Crippen LogP contribution in [-0.2, 0) is 17.6 Å². The first-order valence-electron chi connectivity index (χ1n) is 7.82. The van der Waals surface area contributed by atoms with Crippen molar-refractivity contribution in [2.45, 2.75) is 26.2 Å². The Labute approximate surface area is 141 Å². The number of hydrogen-bond donors (Lipinski definition) is 2. The van der Waals surface area contributed by atoms with E-state index in [4.69, 9.17) is 9.90 Å². The average Bonchev–Trinajstić information content (AvgIpc) is 2.92. The van der Waals surface area contributed by atoms with E-state index in [1.54, 1.807) is 0 Å². The van der Waals surface area contributed by atoms with E-state index in [0.717, 1.165) is 26.3 Å². The second-order valence-electron chi connectivity index (χ2n) is 5.44. The Hall–Kier alpha value is -1.91. The number of carboxylic acid groups (broad SMARTS) is 1. The molecule has 0 radical (unpaired) electrons. The number of hydrogen-bond acceptors (Lipinski definition) is 3. The van der Waals surface area contributed by atoms with Gasteiger partial charge in [-0.3, -0.25) is 4.79 Å². The van der Waals surface area contributed by atoms with Crippen LogP contribution in [0.1, 0.15) is 34.9 Å². The lowest BCUT2D eigenvalue weighted by molar-refractivity contribution is -0.134. The van der Waals surface area contributed by atoms with Crippen LogP contribution in [0.5, 0.6) is 0 Å². The van der Waals surface area contributed by atoms with Gasteiger partial charge in [0.1, 0.15) is 0 Å². The number of benzene rings is 1. The molecule has 0 atom stereocenters. The van der Waals surface area contributed by atoms with E-state index in [9.17, 15) is 0 Å². The number of aryl methyl sites for hydroxylation is 2. The largest absolute Gasteiger partial charge is 0.481 e. The second kappa shape index (κ2) is 8.65. The lowest BCUT2D eigenvalue weighted by Crippen LogP contribution is -2.06. The first-order valence-corrected chi connectivity index (χ1v) is 8.70. The molecular weight excluding hydrogens is 306 g/mol. The van der Waals surface area contributed by atoms with Crippen LogP contribution in [0, 0.1) is 0 Å². The molecular formula is C19H23NO2S. The molecule has 23 heavy (non-hydrogen) atoms. The molecule has 3 rings (SSSR count). The van der Waals surface area contributed by atoms with E-state index in [1.165, 1.54) is 33.6 Å². The zero-order valence-electron chi connectivity index (χ0n) is 13.6. The summed E-state index contributed by atoms with van der Waals surface area (Å²) in [5, 5.41) is 12.9. The highest BCUT2D eigenvalue weighted by molar-refractivity contribution is 7.10. The van der Waals surface area contributed by atoms with Gasteiger partial charge < -0.3 is 10.4 Å². The highest BCUT2D eigenvalue weighted by Gasteiger charge is 2.18. The highest BCUT2D eigenvalue weighted by Crippen LogP contribution is 2.36.